The van der Waals surface area contributed by atoms with Crippen molar-refractivity contribution in [3.8, 4) is 11.5 Å². The van der Waals surface area contributed by atoms with Crippen LogP contribution in [-0.2, 0) is 6.54 Å². The maximum atomic E-state index is 14.5. The van der Waals surface area contributed by atoms with Crippen LogP contribution in [0.2, 0.25) is 5.02 Å². The van der Waals surface area contributed by atoms with Crippen molar-refractivity contribution in [2.45, 2.75) is 19.5 Å². The highest BCUT2D eigenvalue weighted by molar-refractivity contribution is 6.30. The fourth-order valence-electron chi connectivity index (χ4n) is 4.95. The zero-order valence-corrected chi connectivity index (χ0v) is 21.0. The average Bonchev–Trinajstić information content (AvgIpc) is 3.46. The van der Waals surface area contributed by atoms with E-state index in [1.807, 2.05) is 83.0 Å². The first-order valence-electron chi connectivity index (χ1n) is 12.0. The van der Waals surface area contributed by atoms with Crippen molar-refractivity contribution in [2.75, 3.05) is 5.32 Å². The second-order valence-corrected chi connectivity index (χ2v) is 9.51. The van der Waals surface area contributed by atoms with Gasteiger partial charge in [-0.1, -0.05) is 41.9 Å². The number of aryl methyl sites for hydroxylation is 1. The summed E-state index contributed by atoms with van der Waals surface area (Å²) in [4.78, 5) is 15.5. The summed E-state index contributed by atoms with van der Waals surface area (Å²) in [6, 6.07) is 22.9. The van der Waals surface area contributed by atoms with Crippen LogP contribution >= 0.6 is 11.6 Å². The summed E-state index contributed by atoms with van der Waals surface area (Å²) in [6.07, 6.45) is 1.94. The molecule has 0 fully saturated rings. The highest BCUT2D eigenvalue weighted by Gasteiger charge is 2.36. The van der Waals surface area contributed by atoms with E-state index in [2.05, 4.69) is 5.32 Å². The number of amides is 2. The van der Waals surface area contributed by atoms with Gasteiger partial charge < -0.3 is 14.8 Å². The Labute approximate surface area is 222 Å². The van der Waals surface area contributed by atoms with Gasteiger partial charge in [-0.15, -0.1) is 0 Å². The number of nitrogens with one attached hydrogen (secondary N) is 1. The van der Waals surface area contributed by atoms with E-state index in [0.717, 1.165) is 46.2 Å². The maximum absolute atomic E-state index is 14.5. The molecule has 5 aromatic rings. The number of anilines is 1. The topological polar surface area (TPSA) is 55.1 Å². The van der Waals surface area contributed by atoms with E-state index in [9.17, 15) is 13.6 Å². The van der Waals surface area contributed by atoms with Crippen molar-refractivity contribution in [1.29, 1.82) is 0 Å². The second-order valence-electron chi connectivity index (χ2n) is 9.08. The summed E-state index contributed by atoms with van der Waals surface area (Å²) in [5.41, 5.74) is 3.94. The number of nitrogens with zero attached hydrogens (tertiary/aromatic N) is 4. The molecule has 6 nitrogen and oxygen atoms in total. The SMILES string of the molecule is Cc1nn(-c2ccccc2)c2c1CN(C(=O)Nc1ccc(F)cc1F)[C@H](c1cccc(Cl)c1)c1cccn1-2. The predicted molar refractivity (Wildman–Crippen MR) is 142 cm³/mol. The van der Waals surface area contributed by atoms with Crippen LogP contribution in [-0.4, -0.2) is 25.3 Å². The molecule has 0 radical (unpaired) electrons. The maximum Gasteiger partial charge on any atom is 0.323 e. The third-order valence-corrected chi connectivity index (χ3v) is 6.92. The fourth-order valence-corrected chi connectivity index (χ4v) is 5.15. The van der Waals surface area contributed by atoms with Gasteiger partial charge in [0.05, 0.1) is 35.3 Å². The monoisotopic (exact) mass is 529 g/mol. The predicted octanol–water partition coefficient (Wildman–Crippen LogP) is 7.04. The Morgan fingerprint density at radius 2 is 1.82 bits per heavy atom. The number of halogens is 3. The van der Waals surface area contributed by atoms with Gasteiger partial charge in [0, 0.05) is 22.8 Å². The van der Waals surface area contributed by atoms with E-state index >= 15 is 0 Å². The van der Waals surface area contributed by atoms with E-state index in [0.29, 0.717) is 5.02 Å². The Balaban J connectivity index is 1.54. The molecule has 0 bridgehead atoms. The minimum Gasteiger partial charge on any atom is -0.307 e. The summed E-state index contributed by atoms with van der Waals surface area (Å²) in [7, 11) is 0. The zero-order chi connectivity index (χ0) is 26.4. The van der Waals surface area contributed by atoms with Gasteiger partial charge in [-0.3, -0.25) is 0 Å². The Hall–Kier alpha value is -4.43. The number of urea groups is 1. The molecule has 9 heteroatoms. The molecule has 3 aromatic carbocycles. The Morgan fingerprint density at radius 3 is 2.58 bits per heavy atom. The number of aromatic nitrogens is 3. The lowest BCUT2D eigenvalue weighted by molar-refractivity contribution is 0.194. The minimum absolute atomic E-state index is 0.113. The number of carbonyl (C=O) groups excluding carboxylic acids is 1. The van der Waals surface area contributed by atoms with E-state index < -0.39 is 23.7 Å². The lowest BCUT2D eigenvalue weighted by atomic mass is 10.0. The summed E-state index contributed by atoms with van der Waals surface area (Å²) in [5.74, 6) is -0.771. The molecule has 0 saturated carbocycles. The molecule has 0 unspecified atom stereocenters. The second kappa shape index (κ2) is 9.46. The molecule has 2 aromatic heterocycles. The number of rotatable bonds is 3. The van der Waals surface area contributed by atoms with Crippen molar-refractivity contribution in [3.63, 3.8) is 0 Å². The molecule has 1 aliphatic rings. The van der Waals surface area contributed by atoms with Gasteiger partial charge in [-0.2, -0.15) is 5.10 Å². The van der Waals surface area contributed by atoms with Crippen molar-refractivity contribution < 1.29 is 13.6 Å². The molecular weight excluding hydrogens is 508 g/mol. The van der Waals surface area contributed by atoms with Gasteiger partial charge >= 0.3 is 6.03 Å². The van der Waals surface area contributed by atoms with Crippen molar-refractivity contribution in [3.05, 3.63) is 130 Å². The molecule has 3 heterocycles. The van der Waals surface area contributed by atoms with Gasteiger partial charge in [-0.05, 0) is 61.0 Å². The first kappa shape index (κ1) is 23.9. The van der Waals surface area contributed by atoms with Crippen LogP contribution < -0.4 is 5.32 Å². The lowest BCUT2D eigenvalue weighted by Gasteiger charge is -2.31. The van der Waals surface area contributed by atoms with Crippen LogP contribution in [0.3, 0.4) is 0 Å². The van der Waals surface area contributed by atoms with Gasteiger partial charge in [0.15, 0.2) is 0 Å². The van der Waals surface area contributed by atoms with Gasteiger partial charge in [0.1, 0.15) is 17.5 Å². The number of fused-ring (bicyclic) bond motifs is 3. The number of carbonyl (C=O) groups is 1. The van der Waals surface area contributed by atoms with Gasteiger partial charge in [0.2, 0.25) is 0 Å². The van der Waals surface area contributed by atoms with Gasteiger partial charge in [0.25, 0.3) is 0 Å². The van der Waals surface area contributed by atoms with Crippen LogP contribution in [0.15, 0.2) is 91.1 Å². The Kier molecular flexibility index (Phi) is 5.96. The van der Waals surface area contributed by atoms with E-state index in [1.54, 1.807) is 11.0 Å². The smallest absolute Gasteiger partial charge is 0.307 e. The number of benzene rings is 3. The Bertz CT molecular complexity index is 1660. The molecular formula is C29H22ClF2N5O. The highest BCUT2D eigenvalue weighted by Crippen LogP contribution is 2.39. The molecule has 2 amide bonds. The Morgan fingerprint density at radius 1 is 1.00 bits per heavy atom. The summed E-state index contributed by atoms with van der Waals surface area (Å²) >= 11 is 6.37. The van der Waals surface area contributed by atoms with E-state index in [-0.39, 0.29) is 12.2 Å². The number of hydrogen-bond acceptors (Lipinski definition) is 2. The van der Waals surface area contributed by atoms with Crippen molar-refractivity contribution in [2.24, 2.45) is 0 Å². The van der Waals surface area contributed by atoms with Crippen LogP contribution in [0.5, 0.6) is 0 Å². The number of hydrogen-bond donors (Lipinski definition) is 1. The molecule has 1 N–H and O–H groups in total. The summed E-state index contributed by atoms with van der Waals surface area (Å²) in [5, 5.41) is 7.97. The number of para-hydroxylation sites is 1. The molecule has 190 valence electrons. The van der Waals surface area contributed by atoms with Crippen LogP contribution in [0.1, 0.15) is 28.6 Å². The standard InChI is InChI=1S/C29H22ClF2N5O/c1-18-23-17-36(29(38)33-25-13-12-21(31)16-24(25)32)27(19-7-5-8-20(30)15-19)26-11-6-14-35(26)28(23)37(34-18)22-9-3-2-4-10-22/h2-16,27H,17H2,1H3,(H,33,38)/t27-/m1/s1. The van der Waals surface area contributed by atoms with Crippen LogP contribution in [0.4, 0.5) is 19.3 Å². The van der Waals surface area contributed by atoms with Crippen molar-refractivity contribution in [1.82, 2.24) is 19.2 Å². The highest BCUT2D eigenvalue weighted by atomic mass is 35.5. The summed E-state index contributed by atoms with van der Waals surface area (Å²) < 4.78 is 31.9. The van der Waals surface area contributed by atoms with Gasteiger partial charge in [-0.25, -0.2) is 18.3 Å². The first-order valence-corrected chi connectivity index (χ1v) is 12.4. The quantitative estimate of drug-likeness (QED) is 0.272. The molecule has 1 aliphatic heterocycles. The molecule has 1 atom stereocenters. The normalized spacial score (nSPS) is 14.5. The minimum atomic E-state index is -0.857. The zero-order valence-electron chi connectivity index (χ0n) is 20.3. The molecule has 0 spiro atoms. The average molecular weight is 530 g/mol. The van der Waals surface area contributed by atoms with Crippen LogP contribution in [0.25, 0.3) is 11.5 Å². The molecule has 0 saturated heterocycles. The van der Waals surface area contributed by atoms with Crippen LogP contribution in [0, 0.1) is 18.6 Å². The fraction of sp³-hybridized carbons (Fsp3) is 0.103. The lowest BCUT2D eigenvalue weighted by Crippen LogP contribution is -2.38. The molecule has 6 rings (SSSR count). The largest absolute Gasteiger partial charge is 0.323 e. The summed E-state index contributed by atoms with van der Waals surface area (Å²) in [6.45, 7) is 2.08. The van der Waals surface area contributed by atoms with E-state index in [1.165, 1.54) is 6.07 Å². The first-order chi connectivity index (χ1) is 18.4. The van der Waals surface area contributed by atoms with E-state index in [4.69, 9.17) is 16.7 Å². The molecule has 0 aliphatic carbocycles. The van der Waals surface area contributed by atoms with Crippen molar-refractivity contribution >= 4 is 23.3 Å². The third kappa shape index (κ3) is 4.13. The third-order valence-electron chi connectivity index (χ3n) is 6.68. The molecule has 38 heavy (non-hydrogen) atoms.